The Balaban J connectivity index is 2.04. The molecule has 2 rings (SSSR count). The summed E-state index contributed by atoms with van der Waals surface area (Å²) < 4.78 is 11.8. The lowest BCUT2D eigenvalue weighted by Crippen LogP contribution is -1.93. The van der Waals surface area contributed by atoms with Gasteiger partial charge in [0, 0.05) is 0 Å². The smallest absolute Gasteiger partial charge is 0.0511 e. The summed E-state index contributed by atoms with van der Waals surface area (Å²) in [5, 5.41) is 8.25. The molecule has 2 heterocycles. The standard InChI is InChI=1S/C8H10OS3/c9-12(10-5-1-2-6-10)11-7-3-4-8-11/h1-8,10-11H. The maximum Gasteiger partial charge on any atom is 0.0511 e. The van der Waals surface area contributed by atoms with Gasteiger partial charge < -0.3 is 4.55 Å². The summed E-state index contributed by atoms with van der Waals surface area (Å²) >= 11 is 0. The van der Waals surface area contributed by atoms with Crippen LogP contribution in [0.15, 0.2) is 45.9 Å². The first-order valence-corrected chi connectivity index (χ1v) is 8.88. The van der Waals surface area contributed by atoms with Gasteiger partial charge in [-0.25, -0.2) is 0 Å². The molecule has 0 fully saturated rings. The Morgan fingerprint density at radius 3 is 1.42 bits per heavy atom. The highest BCUT2D eigenvalue weighted by atomic mass is 33.6. The largest absolute Gasteiger partial charge is 0.596 e. The van der Waals surface area contributed by atoms with Crippen molar-refractivity contribution in [1.82, 2.24) is 0 Å². The van der Waals surface area contributed by atoms with E-state index in [-0.39, 0.29) is 0 Å². The minimum Gasteiger partial charge on any atom is -0.596 e. The molecule has 0 saturated carbocycles. The lowest BCUT2D eigenvalue weighted by Gasteiger charge is -2.22. The molecule has 0 saturated heterocycles. The van der Waals surface area contributed by atoms with Gasteiger partial charge in [0.25, 0.3) is 0 Å². The molecule has 2 aliphatic rings. The summed E-state index contributed by atoms with van der Waals surface area (Å²) in [5.41, 5.74) is 0. The highest BCUT2D eigenvalue weighted by molar-refractivity contribution is 9.15. The molecule has 0 amide bonds. The fraction of sp³-hybridized carbons (Fsp3) is 0. The first-order chi connectivity index (χ1) is 5.88. The third kappa shape index (κ3) is 1.66. The second kappa shape index (κ2) is 3.79. The predicted octanol–water partition coefficient (Wildman–Crippen LogP) is 2.65. The fourth-order valence-corrected chi connectivity index (χ4v) is 9.53. The van der Waals surface area contributed by atoms with Gasteiger partial charge >= 0.3 is 0 Å². The first-order valence-electron chi connectivity index (χ1n) is 3.56. The third-order valence-electron chi connectivity index (χ3n) is 1.51. The van der Waals surface area contributed by atoms with E-state index in [1.807, 2.05) is 24.3 Å². The van der Waals surface area contributed by atoms with Crippen molar-refractivity contribution in [3.05, 3.63) is 45.9 Å². The SMILES string of the molecule is [O-][S+]([SH]1C=CC=C1)[SH]1C=CC=C1. The first kappa shape index (κ1) is 8.56. The molecule has 4 heteroatoms. The summed E-state index contributed by atoms with van der Waals surface area (Å²) in [6.45, 7) is 0. The Bertz CT molecular complexity index is 228. The maximum absolute atomic E-state index is 11.8. The van der Waals surface area contributed by atoms with Gasteiger partial charge in [-0.1, -0.05) is 24.3 Å². The molecule has 0 N–H and O–H groups in total. The average Bonchev–Trinajstić information content (AvgIpc) is 2.77. The molecule has 12 heavy (non-hydrogen) atoms. The van der Waals surface area contributed by atoms with Gasteiger partial charge in [-0.05, 0) is 41.5 Å². The van der Waals surface area contributed by atoms with Crippen molar-refractivity contribution in [2.24, 2.45) is 0 Å². The molecule has 0 aromatic heterocycles. The molecule has 0 unspecified atom stereocenters. The van der Waals surface area contributed by atoms with E-state index in [4.69, 9.17) is 0 Å². The summed E-state index contributed by atoms with van der Waals surface area (Å²) in [6, 6.07) is 0. The van der Waals surface area contributed by atoms with E-state index >= 15 is 0 Å². The van der Waals surface area contributed by atoms with Gasteiger partial charge in [-0.3, -0.25) is 0 Å². The molecule has 0 aromatic carbocycles. The molecule has 0 radical (unpaired) electrons. The second-order valence-electron chi connectivity index (χ2n) is 2.32. The molecule has 0 spiro atoms. The molecule has 0 atom stereocenters. The van der Waals surface area contributed by atoms with Crippen molar-refractivity contribution < 1.29 is 4.55 Å². The van der Waals surface area contributed by atoms with Crippen LogP contribution in [0.3, 0.4) is 0 Å². The van der Waals surface area contributed by atoms with Crippen LogP contribution >= 0.6 is 19.9 Å². The number of hydrogen-bond donors (Lipinski definition) is 2. The van der Waals surface area contributed by atoms with Crippen molar-refractivity contribution in [2.45, 2.75) is 0 Å². The zero-order chi connectivity index (χ0) is 8.39. The van der Waals surface area contributed by atoms with Crippen molar-refractivity contribution in [2.75, 3.05) is 0 Å². The van der Waals surface area contributed by atoms with Crippen LogP contribution in [0.5, 0.6) is 0 Å². The van der Waals surface area contributed by atoms with Crippen LogP contribution < -0.4 is 0 Å². The van der Waals surface area contributed by atoms with Crippen LogP contribution in [-0.2, 0) is 9.24 Å². The zero-order valence-electron chi connectivity index (χ0n) is 6.33. The Morgan fingerprint density at radius 1 is 0.750 bits per heavy atom. The molecule has 0 bridgehead atoms. The topological polar surface area (TPSA) is 23.1 Å². The van der Waals surface area contributed by atoms with E-state index in [9.17, 15) is 4.55 Å². The fourth-order valence-electron chi connectivity index (χ4n) is 0.955. The van der Waals surface area contributed by atoms with Crippen molar-refractivity contribution in [3.63, 3.8) is 0 Å². The monoisotopic (exact) mass is 218 g/mol. The average molecular weight is 218 g/mol. The third-order valence-corrected chi connectivity index (χ3v) is 11.1. The van der Waals surface area contributed by atoms with E-state index in [0.717, 1.165) is 0 Å². The van der Waals surface area contributed by atoms with Crippen LogP contribution in [0.25, 0.3) is 0 Å². The Morgan fingerprint density at radius 2 is 1.08 bits per heavy atom. The Labute approximate surface area is 79.6 Å². The highest BCUT2D eigenvalue weighted by Gasteiger charge is 2.20. The molecular formula is C8H10OS3. The summed E-state index contributed by atoms with van der Waals surface area (Å²) in [6.07, 6.45) is 7.95. The summed E-state index contributed by atoms with van der Waals surface area (Å²) in [5.74, 6) is 0. The quantitative estimate of drug-likeness (QED) is 0.415. The van der Waals surface area contributed by atoms with Gasteiger partial charge in [-0.2, -0.15) is 0 Å². The highest BCUT2D eigenvalue weighted by Crippen LogP contribution is 2.55. The number of allylic oxidation sites excluding steroid dienone is 4. The van der Waals surface area contributed by atoms with Crippen molar-refractivity contribution in [1.29, 1.82) is 0 Å². The Hall–Kier alpha value is -0.0300. The maximum atomic E-state index is 11.8. The molecule has 1 nitrogen and oxygen atoms in total. The van der Waals surface area contributed by atoms with Gasteiger partial charge in [0.1, 0.15) is 0 Å². The predicted molar refractivity (Wildman–Crippen MR) is 62.7 cm³/mol. The number of thiol groups is 2. The molecule has 2 aliphatic heterocycles. The van der Waals surface area contributed by atoms with Gasteiger partial charge in [0.2, 0.25) is 0 Å². The van der Waals surface area contributed by atoms with Crippen LogP contribution in [0.2, 0.25) is 0 Å². The number of rotatable bonds is 2. The molecule has 0 aromatic rings. The van der Waals surface area contributed by atoms with E-state index < -0.39 is 29.1 Å². The van der Waals surface area contributed by atoms with Crippen LogP contribution in [0.4, 0.5) is 0 Å². The van der Waals surface area contributed by atoms with Gasteiger partial charge in [0.05, 0.1) is 9.24 Å². The van der Waals surface area contributed by atoms with Gasteiger partial charge in [0.15, 0.2) is 0 Å². The minimum atomic E-state index is -0.688. The Kier molecular flexibility index (Phi) is 2.70. The van der Waals surface area contributed by atoms with Crippen molar-refractivity contribution >= 4 is 29.1 Å². The van der Waals surface area contributed by atoms with Crippen LogP contribution in [0.1, 0.15) is 0 Å². The number of hydrogen-bond acceptors (Lipinski definition) is 1. The summed E-state index contributed by atoms with van der Waals surface area (Å²) in [4.78, 5) is 0. The van der Waals surface area contributed by atoms with E-state index in [1.165, 1.54) is 0 Å². The normalized spacial score (nSPS) is 25.2. The van der Waals surface area contributed by atoms with Crippen LogP contribution in [0, 0.1) is 0 Å². The van der Waals surface area contributed by atoms with E-state index in [0.29, 0.717) is 0 Å². The van der Waals surface area contributed by atoms with Crippen molar-refractivity contribution in [3.8, 4) is 0 Å². The zero-order valence-corrected chi connectivity index (χ0v) is 8.94. The van der Waals surface area contributed by atoms with Crippen LogP contribution in [-0.4, -0.2) is 4.55 Å². The lowest BCUT2D eigenvalue weighted by molar-refractivity contribution is 0.622. The van der Waals surface area contributed by atoms with E-state index in [1.54, 1.807) is 0 Å². The molecular weight excluding hydrogens is 208 g/mol. The van der Waals surface area contributed by atoms with Gasteiger partial charge in [-0.15, -0.1) is 0 Å². The molecule has 0 aliphatic carbocycles. The minimum absolute atomic E-state index is 0.480. The summed E-state index contributed by atoms with van der Waals surface area (Å²) in [7, 11) is -1.65. The molecule has 66 valence electrons. The van der Waals surface area contributed by atoms with E-state index in [2.05, 4.69) is 21.6 Å². The lowest BCUT2D eigenvalue weighted by atomic mass is 10.6. The second-order valence-corrected chi connectivity index (χ2v) is 10.8.